The Morgan fingerprint density at radius 1 is 1.29 bits per heavy atom. The molecule has 2 aliphatic rings. The molecule has 21 heavy (non-hydrogen) atoms. The van der Waals surface area contributed by atoms with E-state index in [-0.39, 0.29) is 0 Å². The molecule has 3 nitrogen and oxygen atoms in total. The van der Waals surface area contributed by atoms with Crippen LogP contribution in [0.1, 0.15) is 5.56 Å². The monoisotopic (exact) mass is 325 g/mol. The normalized spacial score (nSPS) is 23.0. The van der Waals surface area contributed by atoms with Gasteiger partial charge in [0.15, 0.2) is 0 Å². The molecule has 0 spiro atoms. The number of benzene rings is 1. The zero-order valence-corrected chi connectivity index (χ0v) is 14.1. The van der Waals surface area contributed by atoms with Crippen LogP contribution in [-0.2, 0) is 6.42 Å². The summed E-state index contributed by atoms with van der Waals surface area (Å²) in [6.07, 6.45) is 1.10. The Morgan fingerprint density at radius 3 is 2.86 bits per heavy atom. The molecule has 1 fully saturated rings. The Bertz CT molecular complexity index is 462. The molecule has 5 heteroatoms. The first-order valence-corrected chi connectivity index (χ1v) is 9.84. The van der Waals surface area contributed by atoms with Crippen LogP contribution in [0.25, 0.3) is 0 Å². The van der Waals surface area contributed by atoms with E-state index in [0.717, 1.165) is 31.1 Å². The highest BCUT2D eigenvalue weighted by atomic mass is 32.2. The molecule has 2 heterocycles. The minimum Gasteiger partial charge on any atom is -0.497 e. The number of hydrogen-bond donors (Lipinski definition) is 1. The fraction of sp³-hybridized carbons (Fsp3) is 0.625. The van der Waals surface area contributed by atoms with Crippen molar-refractivity contribution in [2.45, 2.75) is 12.5 Å². The van der Waals surface area contributed by atoms with Gasteiger partial charge in [0, 0.05) is 47.6 Å². The average molecular weight is 325 g/mol. The first kappa shape index (κ1) is 15.4. The van der Waals surface area contributed by atoms with Gasteiger partial charge in [0.2, 0.25) is 0 Å². The lowest BCUT2D eigenvalue weighted by molar-refractivity contribution is 0.215. The maximum Gasteiger partial charge on any atom is 0.126 e. The van der Waals surface area contributed by atoms with Gasteiger partial charge in [-0.3, -0.25) is 0 Å². The molecular weight excluding hydrogens is 302 g/mol. The van der Waals surface area contributed by atoms with Gasteiger partial charge in [-0.1, -0.05) is 6.07 Å². The van der Waals surface area contributed by atoms with Crippen molar-refractivity contribution in [2.75, 3.05) is 43.3 Å². The fourth-order valence-corrected chi connectivity index (χ4v) is 5.21. The predicted molar refractivity (Wildman–Crippen MR) is 92.1 cm³/mol. The van der Waals surface area contributed by atoms with Crippen LogP contribution in [0, 0.1) is 5.92 Å². The van der Waals surface area contributed by atoms with Crippen LogP contribution in [0.2, 0.25) is 0 Å². The average Bonchev–Trinajstić information content (AvgIpc) is 2.81. The van der Waals surface area contributed by atoms with Crippen molar-refractivity contribution in [1.82, 2.24) is 5.32 Å². The van der Waals surface area contributed by atoms with E-state index in [0.29, 0.717) is 12.0 Å². The molecule has 0 saturated carbocycles. The van der Waals surface area contributed by atoms with Gasteiger partial charge >= 0.3 is 0 Å². The van der Waals surface area contributed by atoms with E-state index in [1.54, 1.807) is 7.11 Å². The zero-order valence-electron chi connectivity index (χ0n) is 12.5. The van der Waals surface area contributed by atoms with Crippen molar-refractivity contribution in [1.29, 1.82) is 0 Å². The highest BCUT2D eigenvalue weighted by Gasteiger charge is 2.21. The number of rotatable bonds is 4. The second kappa shape index (κ2) is 7.65. The van der Waals surface area contributed by atoms with Crippen molar-refractivity contribution in [3.8, 4) is 11.5 Å². The molecule has 116 valence electrons. The van der Waals surface area contributed by atoms with Crippen molar-refractivity contribution in [2.24, 2.45) is 5.92 Å². The quantitative estimate of drug-likeness (QED) is 0.920. The topological polar surface area (TPSA) is 30.5 Å². The number of thioether (sulfide) groups is 2. The lowest BCUT2D eigenvalue weighted by atomic mass is 9.96. The summed E-state index contributed by atoms with van der Waals surface area (Å²) in [6, 6.07) is 6.81. The maximum atomic E-state index is 5.91. The van der Waals surface area contributed by atoms with Crippen LogP contribution in [0.3, 0.4) is 0 Å². The highest BCUT2D eigenvalue weighted by molar-refractivity contribution is 8.03. The van der Waals surface area contributed by atoms with E-state index >= 15 is 0 Å². The third-order valence-electron chi connectivity index (χ3n) is 3.96. The van der Waals surface area contributed by atoms with Crippen LogP contribution in [0.4, 0.5) is 0 Å². The molecular formula is C16H23NO2S2. The number of hydrogen-bond acceptors (Lipinski definition) is 5. The third kappa shape index (κ3) is 4.24. The van der Waals surface area contributed by atoms with Gasteiger partial charge < -0.3 is 14.8 Å². The number of fused-ring (bicyclic) bond motifs is 1. The number of nitrogens with one attached hydrogen (secondary N) is 1. The minimum atomic E-state index is 0.573. The predicted octanol–water partition coefficient (Wildman–Crippen LogP) is 2.68. The minimum absolute atomic E-state index is 0.573. The molecule has 2 aliphatic heterocycles. The molecule has 0 radical (unpaired) electrons. The van der Waals surface area contributed by atoms with E-state index in [4.69, 9.17) is 9.47 Å². The lowest BCUT2D eigenvalue weighted by Crippen LogP contribution is -2.39. The van der Waals surface area contributed by atoms with E-state index in [9.17, 15) is 0 Å². The van der Waals surface area contributed by atoms with E-state index < -0.39 is 0 Å². The van der Waals surface area contributed by atoms with Gasteiger partial charge in [-0.25, -0.2) is 0 Å². The van der Waals surface area contributed by atoms with Crippen LogP contribution < -0.4 is 14.8 Å². The van der Waals surface area contributed by atoms with E-state index in [1.807, 2.05) is 12.1 Å². The van der Waals surface area contributed by atoms with Gasteiger partial charge in [0.1, 0.15) is 11.5 Å². The maximum absolute atomic E-state index is 5.91. The summed E-state index contributed by atoms with van der Waals surface area (Å²) >= 11 is 4.15. The van der Waals surface area contributed by atoms with Crippen molar-refractivity contribution >= 4 is 23.5 Å². The van der Waals surface area contributed by atoms with Crippen LogP contribution >= 0.6 is 23.5 Å². The van der Waals surface area contributed by atoms with Crippen molar-refractivity contribution < 1.29 is 9.47 Å². The van der Waals surface area contributed by atoms with Crippen LogP contribution in [0.15, 0.2) is 18.2 Å². The number of methoxy groups -OCH3 is 1. The molecule has 3 rings (SSSR count). The van der Waals surface area contributed by atoms with Crippen molar-refractivity contribution in [3.05, 3.63) is 23.8 Å². The van der Waals surface area contributed by atoms with Gasteiger partial charge in [0.05, 0.1) is 13.7 Å². The summed E-state index contributed by atoms with van der Waals surface area (Å²) in [5, 5.41) is 3.74. The SMILES string of the molecule is COc1ccc2c(c1)OC[C@@H](CNC1CSCCSC1)C2. The lowest BCUT2D eigenvalue weighted by Gasteiger charge is -2.27. The molecule has 1 aromatic carbocycles. The van der Waals surface area contributed by atoms with Gasteiger partial charge in [-0.2, -0.15) is 23.5 Å². The summed E-state index contributed by atoms with van der Waals surface area (Å²) in [6.45, 7) is 1.86. The second-order valence-electron chi connectivity index (χ2n) is 5.61. The number of ether oxygens (including phenoxy) is 2. The molecule has 1 aromatic rings. The van der Waals surface area contributed by atoms with Gasteiger partial charge in [0.25, 0.3) is 0 Å². The molecule has 0 aliphatic carbocycles. The molecule has 1 N–H and O–H groups in total. The Hall–Kier alpha value is -0.520. The van der Waals surface area contributed by atoms with Crippen molar-refractivity contribution in [3.63, 3.8) is 0 Å². The Morgan fingerprint density at radius 2 is 2.10 bits per heavy atom. The van der Waals surface area contributed by atoms with Crippen LogP contribution in [-0.4, -0.2) is 49.3 Å². The third-order valence-corrected chi connectivity index (χ3v) is 6.48. The first-order chi connectivity index (χ1) is 10.3. The molecule has 0 unspecified atom stereocenters. The first-order valence-electron chi connectivity index (χ1n) is 7.53. The molecule has 1 atom stereocenters. The summed E-state index contributed by atoms with van der Waals surface area (Å²) in [4.78, 5) is 0. The summed E-state index contributed by atoms with van der Waals surface area (Å²) in [5.74, 6) is 7.52. The fourth-order valence-electron chi connectivity index (χ4n) is 2.74. The standard InChI is InChI=1S/C16H23NO2S2/c1-18-15-3-2-13-6-12(9-19-16(13)7-15)8-17-14-10-20-4-5-21-11-14/h2-3,7,12,14,17H,4-6,8-11H2,1H3/t12-/m1/s1. The van der Waals surface area contributed by atoms with Gasteiger partial charge in [-0.05, 0) is 18.1 Å². The highest BCUT2D eigenvalue weighted by Crippen LogP contribution is 2.30. The second-order valence-corrected chi connectivity index (χ2v) is 7.91. The Kier molecular flexibility index (Phi) is 5.61. The zero-order chi connectivity index (χ0) is 14.5. The van der Waals surface area contributed by atoms with E-state index in [2.05, 4.69) is 34.9 Å². The van der Waals surface area contributed by atoms with E-state index in [1.165, 1.54) is 28.6 Å². The summed E-state index contributed by atoms with van der Waals surface area (Å²) in [7, 11) is 1.69. The summed E-state index contributed by atoms with van der Waals surface area (Å²) < 4.78 is 11.2. The Balaban J connectivity index is 1.51. The largest absolute Gasteiger partial charge is 0.497 e. The molecule has 1 saturated heterocycles. The Labute approximate surface area is 135 Å². The smallest absolute Gasteiger partial charge is 0.126 e. The molecule has 0 bridgehead atoms. The molecule has 0 aromatic heterocycles. The molecule has 0 amide bonds. The van der Waals surface area contributed by atoms with Gasteiger partial charge in [-0.15, -0.1) is 0 Å². The van der Waals surface area contributed by atoms with Crippen LogP contribution in [0.5, 0.6) is 11.5 Å². The summed E-state index contributed by atoms with van der Waals surface area (Å²) in [5.41, 5.74) is 1.30.